The second-order valence-corrected chi connectivity index (χ2v) is 9.36. The number of anilines is 2. The fourth-order valence-electron chi connectivity index (χ4n) is 3.23. The molecule has 0 spiro atoms. The average Bonchev–Trinajstić information content (AvgIpc) is 3.11. The van der Waals surface area contributed by atoms with E-state index >= 15 is 0 Å². The quantitative estimate of drug-likeness (QED) is 0.304. The molecule has 0 unspecified atom stereocenters. The third kappa shape index (κ3) is 6.00. The number of rotatable bonds is 7. The minimum absolute atomic E-state index is 0.238. The van der Waals surface area contributed by atoms with Gasteiger partial charge in [-0.25, -0.2) is 4.39 Å². The van der Waals surface area contributed by atoms with Crippen LogP contribution >= 0.6 is 35.6 Å². The van der Waals surface area contributed by atoms with Crippen LogP contribution in [0.4, 0.5) is 15.8 Å². The summed E-state index contributed by atoms with van der Waals surface area (Å²) in [4.78, 5) is 26.9. The number of methoxy groups -OCH3 is 1. The Morgan fingerprint density at radius 2 is 1.91 bits per heavy atom. The van der Waals surface area contributed by atoms with Crippen molar-refractivity contribution in [2.45, 2.75) is 0 Å². The van der Waals surface area contributed by atoms with E-state index in [1.54, 1.807) is 48.5 Å². The van der Waals surface area contributed by atoms with Gasteiger partial charge in [0.2, 0.25) is 0 Å². The number of amides is 2. The van der Waals surface area contributed by atoms with Gasteiger partial charge in [0.1, 0.15) is 5.82 Å². The van der Waals surface area contributed by atoms with E-state index in [0.29, 0.717) is 42.7 Å². The SMILES string of the molecule is COc1cc(/C=C2\SC(=S)N(c3ccc(F)cc3)C2=O)ccc1OCC(=O)Nc1cccc(Cl)c1. The van der Waals surface area contributed by atoms with Crippen LogP contribution in [0.25, 0.3) is 6.08 Å². The Morgan fingerprint density at radius 1 is 1.14 bits per heavy atom. The van der Waals surface area contributed by atoms with E-state index in [4.69, 9.17) is 33.3 Å². The second kappa shape index (κ2) is 10.9. The van der Waals surface area contributed by atoms with Crippen LogP contribution < -0.4 is 19.7 Å². The lowest BCUT2D eigenvalue weighted by Crippen LogP contribution is -2.27. The summed E-state index contributed by atoms with van der Waals surface area (Å²) in [5, 5.41) is 3.21. The van der Waals surface area contributed by atoms with E-state index in [-0.39, 0.29) is 18.4 Å². The molecule has 4 rings (SSSR count). The van der Waals surface area contributed by atoms with Crippen LogP contribution in [-0.2, 0) is 9.59 Å². The van der Waals surface area contributed by atoms with Gasteiger partial charge in [-0.15, -0.1) is 0 Å². The molecule has 0 atom stereocenters. The predicted octanol–water partition coefficient (Wildman–Crippen LogP) is 5.91. The van der Waals surface area contributed by atoms with Gasteiger partial charge in [-0.3, -0.25) is 14.5 Å². The van der Waals surface area contributed by atoms with E-state index in [9.17, 15) is 14.0 Å². The van der Waals surface area contributed by atoms with Gasteiger partial charge in [0.25, 0.3) is 11.8 Å². The zero-order valence-electron chi connectivity index (χ0n) is 18.3. The van der Waals surface area contributed by atoms with Crippen molar-refractivity contribution in [3.8, 4) is 11.5 Å². The van der Waals surface area contributed by atoms with Gasteiger partial charge in [0.05, 0.1) is 17.7 Å². The van der Waals surface area contributed by atoms with E-state index in [1.165, 1.54) is 36.3 Å². The molecule has 10 heteroatoms. The normalized spacial score (nSPS) is 14.4. The van der Waals surface area contributed by atoms with Crippen molar-refractivity contribution < 1.29 is 23.5 Å². The molecule has 0 saturated carbocycles. The van der Waals surface area contributed by atoms with Gasteiger partial charge in [-0.1, -0.05) is 47.7 Å². The first-order valence-electron chi connectivity index (χ1n) is 10.2. The van der Waals surface area contributed by atoms with Gasteiger partial charge >= 0.3 is 0 Å². The molecule has 35 heavy (non-hydrogen) atoms. The van der Waals surface area contributed by atoms with Crippen molar-refractivity contribution in [3.05, 3.63) is 88.0 Å². The summed E-state index contributed by atoms with van der Waals surface area (Å²) in [7, 11) is 1.48. The maximum absolute atomic E-state index is 13.2. The number of nitrogens with one attached hydrogen (secondary N) is 1. The van der Waals surface area contributed by atoms with Crippen LogP contribution in [0.3, 0.4) is 0 Å². The Labute approximate surface area is 215 Å². The fraction of sp³-hybridized carbons (Fsp3) is 0.0800. The van der Waals surface area contributed by atoms with Crippen molar-refractivity contribution in [1.82, 2.24) is 0 Å². The number of ether oxygens (including phenoxy) is 2. The standard InChI is InChI=1S/C25H18ClFN2O4S2/c1-32-21-11-15(5-10-20(21)33-14-23(30)28-18-4-2-3-16(26)13-18)12-22-24(31)29(25(34)35-22)19-8-6-17(27)7-9-19/h2-13H,14H2,1H3,(H,28,30)/b22-12-. The summed E-state index contributed by atoms with van der Waals surface area (Å²) < 4.78 is 24.6. The number of carbonyl (C=O) groups is 2. The molecule has 2 amide bonds. The van der Waals surface area contributed by atoms with Crippen molar-refractivity contribution in [2.75, 3.05) is 23.9 Å². The molecule has 6 nitrogen and oxygen atoms in total. The molecule has 178 valence electrons. The van der Waals surface area contributed by atoms with Crippen molar-refractivity contribution in [2.24, 2.45) is 0 Å². The lowest BCUT2D eigenvalue weighted by Gasteiger charge is -2.14. The van der Waals surface area contributed by atoms with E-state index < -0.39 is 5.82 Å². The molecule has 1 saturated heterocycles. The van der Waals surface area contributed by atoms with Gasteiger partial charge in [-0.2, -0.15) is 0 Å². The first-order valence-corrected chi connectivity index (χ1v) is 11.8. The molecule has 0 aliphatic carbocycles. The lowest BCUT2D eigenvalue weighted by molar-refractivity contribution is -0.118. The molecular weight excluding hydrogens is 511 g/mol. The topological polar surface area (TPSA) is 67.9 Å². The number of benzene rings is 3. The Hall–Kier alpha value is -3.40. The zero-order valence-corrected chi connectivity index (χ0v) is 20.7. The maximum Gasteiger partial charge on any atom is 0.270 e. The van der Waals surface area contributed by atoms with Gasteiger partial charge in [-0.05, 0) is 66.2 Å². The summed E-state index contributed by atoms with van der Waals surface area (Å²) in [5.41, 5.74) is 1.73. The summed E-state index contributed by atoms with van der Waals surface area (Å²) in [6, 6.07) is 17.4. The number of halogens is 2. The molecule has 3 aromatic rings. The molecule has 1 heterocycles. The van der Waals surface area contributed by atoms with E-state index in [2.05, 4.69) is 5.32 Å². The molecule has 1 N–H and O–H groups in total. The van der Waals surface area contributed by atoms with Crippen molar-refractivity contribution in [3.63, 3.8) is 0 Å². The zero-order chi connectivity index (χ0) is 24.9. The van der Waals surface area contributed by atoms with Crippen LogP contribution in [0.15, 0.2) is 71.6 Å². The molecule has 0 radical (unpaired) electrons. The monoisotopic (exact) mass is 528 g/mol. The first kappa shape index (κ1) is 24.7. The summed E-state index contributed by atoms with van der Waals surface area (Å²) >= 11 is 12.4. The van der Waals surface area contributed by atoms with Crippen molar-refractivity contribution >= 4 is 69.2 Å². The molecule has 3 aromatic carbocycles. The van der Waals surface area contributed by atoms with Gasteiger partial charge < -0.3 is 14.8 Å². The van der Waals surface area contributed by atoms with Crippen molar-refractivity contribution in [1.29, 1.82) is 0 Å². The highest BCUT2D eigenvalue weighted by Gasteiger charge is 2.33. The summed E-state index contributed by atoms with van der Waals surface area (Å²) in [6.07, 6.45) is 1.68. The maximum atomic E-state index is 13.2. The van der Waals surface area contributed by atoms with Crippen LogP contribution in [0.5, 0.6) is 11.5 Å². The average molecular weight is 529 g/mol. The van der Waals surface area contributed by atoms with E-state index in [1.807, 2.05) is 0 Å². The highest BCUT2D eigenvalue weighted by atomic mass is 35.5. The molecule has 0 aromatic heterocycles. The molecular formula is C25H18ClFN2O4S2. The van der Waals surface area contributed by atoms with Gasteiger partial charge in [0.15, 0.2) is 22.4 Å². The Morgan fingerprint density at radius 3 is 2.63 bits per heavy atom. The number of thioether (sulfide) groups is 1. The largest absolute Gasteiger partial charge is 0.493 e. The fourth-order valence-corrected chi connectivity index (χ4v) is 4.72. The van der Waals surface area contributed by atoms with Crippen LogP contribution in [-0.4, -0.2) is 29.9 Å². The number of carbonyl (C=O) groups excluding carboxylic acids is 2. The predicted molar refractivity (Wildman–Crippen MR) is 141 cm³/mol. The summed E-state index contributed by atoms with van der Waals surface area (Å²) in [5.74, 6) is -0.300. The number of hydrogen-bond acceptors (Lipinski definition) is 6. The minimum atomic E-state index is -0.397. The highest BCUT2D eigenvalue weighted by molar-refractivity contribution is 8.27. The Balaban J connectivity index is 1.45. The van der Waals surface area contributed by atoms with Crippen LogP contribution in [0.1, 0.15) is 5.56 Å². The number of thiocarbonyl (C=S) groups is 1. The molecule has 1 fully saturated rings. The van der Waals surface area contributed by atoms with Crippen LogP contribution in [0, 0.1) is 5.82 Å². The number of nitrogens with zero attached hydrogens (tertiary/aromatic N) is 1. The molecule has 1 aliphatic heterocycles. The Kier molecular flexibility index (Phi) is 7.70. The second-order valence-electron chi connectivity index (χ2n) is 7.25. The first-order chi connectivity index (χ1) is 16.8. The third-order valence-corrected chi connectivity index (χ3v) is 6.37. The highest BCUT2D eigenvalue weighted by Crippen LogP contribution is 2.37. The van der Waals surface area contributed by atoms with E-state index in [0.717, 1.165) is 11.8 Å². The number of hydrogen-bond donors (Lipinski definition) is 1. The Bertz CT molecular complexity index is 1330. The third-order valence-electron chi connectivity index (χ3n) is 4.83. The van der Waals surface area contributed by atoms with Crippen LogP contribution in [0.2, 0.25) is 5.02 Å². The lowest BCUT2D eigenvalue weighted by atomic mass is 10.2. The minimum Gasteiger partial charge on any atom is -0.493 e. The van der Waals surface area contributed by atoms with Gasteiger partial charge in [0, 0.05) is 10.7 Å². The molecule has 1 aliphatic rings. The molecule has 0 bridgehead atoms. The smallest absolute Gasteiger partial charge is 0.270 e. The summed E-state index contributed by atoms with van der Waals surface area (Å²) in [6.45, 7) is -0.238.